The van der Waals surface area contributed by atoms with Gasteiger partial charge in [-0.15, -0.1) is 0 Å². The van der Waals surface area contributed by atoms with Gasteiger partial charge in [0.25, 0.3) is 0 Å². The molecule has 2 aromatic carbocycles. The first-order chi connectivity index (χ1) is 13.7. The van der Waals surface area contributed by atoms with E-state index in [9.17, 15) is 9.59 Å². The van der Waals surface area contributed by atoms with Gasteiger partial charge in [-0.1, -0.05) is 80.7 Å². The molecule has 4 nitrogen and oxygen atoms in total. The Hall–Kier alpha value is -2.14. The molecule has 1 atom stereocenters. The van der Waals surface area contributed by atoms with Gasteiger partial charge < -0.3 is 4.74 Å². The molecular formula is C24H30BrNO3. The van der Waals surface area contributed by atoms with Crippen LogP contribution in [0.1, 0.15) is 64.1 Å². The zero-order valence-corrected chi connectivity index (χ0v) is 19.5. The van der Waals surface area contributed by atoms with E-state index >= 15 is 0 Å². The lowest BCUT2D eigenvalue weighted by Gasteiger charge is -2.32. The SMILES string of the molecule is CCCCC(c1ccc(C(C)(C)C)cc1)N(C(=O)C(=O)OC)c1ccc(Br)cc1. The number of halogens is 1. The quantitative estimate of drug-likeness (QED) is 0.382. The number of nitrogens with zero attached hydrogens (tertiary/aromatic N) is 1. The molecule has 0 aliphatic carbocycles. The molecule has 29 heavy (non-hydrogen) atoms. The number of esters is 1. The summed E-state index contributed by atoms with van der Waals surface area (Å²) in [7, 11) is 1.24. The summed E-state index contributed by atoms with van der Waals surface area (Å²) < 4.78 is 5.66. The molecule has 0 bridgehead atoms. The zero-order valence-electron chi connectivity index (χ0n) is 17.9. The Morgan fingerprint density at radius 3 is 2.10 bits per heavy atom. The highest BCUT2D eigenvalue weighted by atomic mass is 79.9. The average molecular weight is 460 g/mol. The first-order valence-electron chi connectivity index (χ1n) is 9.96. The van der Waals surface area contributed by atoms with E-state index in [-0.39, 0.29) is 11.5 Å². The number of carbonyl (C=O) groups excluding carboxylic acids is 2. The van der Waals surface area contributed by atoms with Gasteiger partial charge in [-0.3, -0.25) is 9.69 Å². The molecule has 0 saturated heterocycles. The molecule has 1 amide bonds. The predicted octanol–water partition coefficient (Wildman–Crippen LogP) is 6.18. The number of carbonyl (C=O) groups is 2. The number of benzene rings is 2. The zero-order chi connectivity index (χ0) is 21.6. The van der Waals surface area contributed by atoms with Gasteiger partial charge in [0.1, 0.15) is 0 Å². The minimum atomic E-state index is -0.860. The second kappa shape index (κ2) is 10.1. The van der Waals surface area contributed by atoms with Gasteiger partial charge in [0.05, 0.1) is 13.2 Å². The third-order valence-electron chi connectivity index (χ3n) is 4.99. The summed E-state index contributed by atoms with van der Waals surface area (Å²) in [5, 5.41) is 0. The number of methoxy groups -OCH3 is 1. The van der Waals surface area contributed by atoms with Crippen molar-refractivity contribution in [2.75, 3.05) is 12.0 Å². The van der Waals surface area contributed by atoms with E-state index in [2.05, 4.69) is 67.9 Å². The third kappa shape index (κ3) is 5.92. The van der Waals surface area contributed by atoms with Crippen LogP contribution in [-0.2, 0) is 19.7 Å². The number of anilines is 1. The normalized spacial score (nSPS) is 12.3. The monoisotopic (exact) mass is 459 g/mol. The molecule has 0 spiro atoms. The largest absolute Gasteiger partial charge is 0.462 e. The molecule has 5 heteroatoms. The van der Waals surface area contributed by atoms with Crippen molar-refractivity contribution in [3.63, 3.8) is 0 Å². The molecule has 0 fully saturated rings. The Bertz CT molecular complexity index is 823. The molecule has 0 aliphatic rings. The average Bonchev–Trinajstić information content (AvgIpc) is 2.70. The van der Waals surface area contributed by atoms with Crippen LogP contribution >= 0.6 is 15.9 Å². The lowest BCUT2D eigenvalue weighted by molar-refractivity contribution is -0.151. The summed E-state index contributed by atoms with van der Waals surface area (Å²) in [6.45, 7) is 8.63. The van der Waals surface area contributed by atoms with Crippen molar-refractivity contribution in [3.05, 3.63) is 64.1 Å². The van der Waals surface area contributed by atoms with Crippen molar-refractivity contribution >= 4 is 33.5 Å². The number of ether oxygens (including phenoxy) is 1. The van der Waals surface area contributed by atoms with E-state index in [1.807, 2.05) is 24.3 Å². The minimum absolute atomic E-state index is 0.0463. The Morgan fingerprint density at radius 2 is 1.62 bits per heavy atom. The fourth-order valence-electron chi connectivity index (χ4n) is 3.27. The number of rotatable bonds is 6. The van der Waals surface area contributed by atoms with Crippen molar-refractivity contribution in [2.45, 2.75) is 58.4 Å². The molecule has 2 aromatic rings. The maximum Gasteiger partial charge on any atom is 0.397 e. The van der Waals surface area contributed by atoms with Crippen molar-refractivity contribution in [3.8, 4) is 0 Å². The van der Waals surface area contributed by atoms with Gasteiger partial charge >= 0.3 is 11.9 Å². The maximum atomic E-state index is 13.0. The molecule has 1 unspecified atom stereocenters. The first kappa shape index (κ1) is 23.1. The summed E-state index contributed by atoms with van der Waals surface area (Å²) in [5.41, 5.74) is 2.95. The van der Waals surface area contributed by atoms with Gasteiger partial charge in [-0.05, 0) is 47.2 Å². The van der Waals surface area contributed by atoms with Gasteiger partial charge in [0, 0.05) is 10.2 Å². The smallest absolute Gasteiger partial charge is 0.397 e. The van der Waals surface area contributed by atoms with Crippen molar-refractivity contribution in [2.24, 2.45) is 0 Å². The number of hydrogen-bond donors (Lipinski definition) is 0. The first-order valence-corrected chi connectivity index (χ1v) is 10.8. The van der Waals surface area contributed by atoms with Gasteiger partial charge in [0.2, 0.25) is 0 Å². The summed E-state index contributed by atoms with van der Waals surface area (Å²) >= 11 is 3.43. The van der Waals surface area contributed by atoms with E-state index in [1.165, 1.54) is 12.7 Å². The Morgan fingerprint density at radius 1 is 1.03 bits per heavy atom. The van der Waals surface area contributed by atoms with Crippen LogP contribution in [0.15, 0.2) is 53.0 Å². The number of hydrogen-bond acceptors (Lipinski definition) is 3. The standard InChI is InChI=1S/C24H30BrNO3/c1-6-7-8-21(17-9-11-18(12-10-17)24(2,3)4)26(22(27)23(28)29-5)20-15-13-19(25)14-16-20/h9-16,21H,6-8H2,1-5H3. The minimum Gasteiger partial charge on any atom is -0.462 e. The molecular weight excluding hydrogens is 430 g/mol. The Labute approximate surface area is 182 Å². The van der Waals surface area contributed by atoms with Crippen LogP contribution in [-0.4, -0.2) is 19.0 Å². The maximum absolute atomic E-state index is 13.0. The molecule has 0 aliphatic heterocycles. The van der Waals surface area contributed by atoms with E-state index in [4.69, 9.17) is 4.74 Å². The molecule has 0 radical (unpaired) electrons. The van der Waals surface area contributed by atoms with Crippen LogP contribution in [0.4, 0.5) is 5.69 Å². The van der Waals surface area contributed by atoms with E-state index < -0.39 is 11.9 Å². The second-order valence-electron chi connectivity index (χ2n) is 8.17. The lowest BCUT2D eigenvalue weighted by atomic mass is 9.85. The van der Waals surface area contributed by atoms with Crippen molar-refractivity contribution < 1.29 is 14.3 Å². The molecule has 0 heterocycles. The van der Waals surface area contributed by atoms with Crippen LogP contribution in [0.2, 0.25) is 0 Å². The van der Waals surface area contributed by atoms with Gasteiger partial charge in [0.15, 0.2) is 0 Å². The summed E-state index contributed by atoms with van der Waals surface area (Å²) in [5.74, 6) is -1.52. The van der Waals surface area contributed by atoms with Crippen LogP contribution in [0, 0.1) is 0 Å². The third-order valence-corrected chi connectivity index (χ3v) is 5.52. The molecule has 0 aromatic heterocycles. The lowest BCUT2D eigenvalue weighted by Crippen LogP contribution is -2.40. The highest BCUT2D eigenvalue weighted by Crippen LogP contribution is 2.34. The van der Waals surface area contributed by atoms with Gasteiger partial charge in [-0.25, -0.2) is 4.79 Å². The summed E-state index contributed by atoms with van der Waals surface area (Å²) in [6.07, 6.45) is 2.69. The Kier molecular flexibility index (Phi) is 8.03. The molecule has 2 rings (SSSR count). The van der Waals surface area contributed by atoms with Gasteiger partial charge in [-0.2, -0.15) is 0 Å². The van der Waals surface area contributed by atoms with E-state index in [0.717, 1.165) is 29.3 Å². The molecule has 0 N–H and O–H groups in total. The van der Waals surface area contributed by atoms with Crippen LogP contribution in [0.3, 0.4) is 0 Å². The highest BCUT2D eigenvalue weighted by molar-refractivity contribution is 9.10. The highest BCUT2D eigenvalue weighted by Gasteiger charge is 2.31. The van der Waals surface area contributed by atoms with Crippen LogP contribution in [0.5, 0.6) is 0 Å². The Balaban J connectivity index is 2.54. The number of unbranched alkanes of at least 4 members (excludes halogenated alkanes) is 1. The fourth-order valence-corrected chi connectivity index (χ4v) is 3.54. The van der Waals surface area contributed by atoms with E-state index in [0.29, 0.717) is 5.69 Å². The van der Waals surface area contributed by atoms with Crippen LogP contribution in [0.25, 0.3) is 0 Å². The number of amides is 1. The predicted molar refractivity (Wildman–Crippen MR) is 121 cm³/mol. The summed E-state index contributed by atoms with van der Waals surface area (Å²) in [6, 6.07) is 15.5. The second-order valence-corrected chi connectivity index (χ2v) is 9.09. The fraction of sp³-hybridized carbons (Fsp3) is 0.417. The van der Waals surface area contributed by atoms with Crippen molar-refractivity contribution in [1.82, 2.24) is 0 Å². The van der Waals surface area contributed by atoms with E-state index in [1.54, 1.807) is 4.90 Å². The molecule has 156 valence electrons. The molecule has 0 saturated carbocycles. The summed E-state index contributed by atoms with van der Waals surface area (Å²) in [4.78, 5) is 26.7. The van der Waals surface area contributed by atoms with Crippen molar-refractivity contribution in [1.29, 1.82) is 0 Å². The van der Waals surface area contributed by atoms with Crippen LogP contribution < -0.4 is 4.90 Å². The topological polar surface area (TPSA) is 46.6 Å².